The van der Waals surface area contributed by atoms with Crippen LogP contribution in [0.1, 0.15) is 39.2 Å². The Balaban J connectivity index is 1.64. The molecule has 2 aliphatic rings. The smallest absolute Gasteiger partial charge is 0.319 e. The number of anilines is 2. The fourth-order valence-electron chi connectivity index (χ4n) is 3.26. The van der Waals surface area contributed by atoms with Gasteiger partial charge in [-0.2, -0.15) is 0 Å². The van der Waals surface area contributed by atoms with Crippen molar-refractivity contribution >= 4 is 23.3 Å². The molecule has 6 nitrogen and oxygen atoms in total. The van der Waals surface area contributed by atoms with Gasteiger partial charge in [0.25, 0.3) is 0 Å². The molecule has 0 aliphatic carbocycles. The van der Waals surface area contributed by atoms with Crippen LogP contribution >= 0.6 is 0 Å². The van der Waals surface area contributed by atoms with Crippen molar-refractivity contribution in [2.75, 3.05) is 29.9 Å². The quantitative estimate of drug-likeness (QED) is 0.885. The minimum atomic E-state index is -0.427. The van der Waals surface area contributed by atoms with Gasteiger partial charge in [0.1, 0.15) is 0 Å². The van der Waals surface area contributed by atoms with Gasteiger partial charge in [-0.05, 0) is 37.0 Å². The Morgan fingerprint density at radius 1 is 1.32 bits per heavy atom. The van der Waals surface area contributed by atoms with Crippen molar-refractivity contribution in [2.45, 2.75) is 46.1 Å². The molecule has 1 atom stereocenters. The van der Waals surface area contributed by atoms with E-state index in [9.17, 15) is 9.59 Å². The van der Waals surface area contributed by atoms with E-state index in [2.05, 4.69) is 10.6 Å². The highest BCUT2D eigenvalue weighted by Gasteiger charge is 2.32. The highest BCUT2D eigenvalue weighted by Crippen LogP contribution is 2.33. The molecule has 0 spiro atoms. The lowest BCUT2D eigenvalue weighted by Crippen LogP contribution is -2.38. The van der Waals surface area contributed by atoms with E-state index in [4.69, 9.17) is 4.74 Å². The number of benzene rings is 1. The Kier molecular flexibility index (Phi) is 4.99. The summed E-state index contributed by atoms with van der Waals surface area (Å²) in [5, 5.41) is 5.69. The highest BCUT2D eigenvalue weighted by atomic mass is 16.5. The number of nitrogens with zero attached hydrogens (tertiary/aromatic N) is 1. The molecule has 3 amide bonds. The van der Waals surface area contributed by atoms with Gasteiger partial charge in [0.2, 0.25) is 5.91 Å². The molecule has 1 aromatic carbocycles. The van der Waals surface area contributed by atoms with E-state index in [1.54, 1.807) is 0 Å². The molecule has 25 heavy (non-hydrogen) atoms. The third kappa shape index (κ3) is 4.12. The van der Waals surface area contributed by atoms with Crippen LogP contribution in [0.25, 0.3) is 0 Å². The van der Waals surface area contributed by atoms with Crippen LogP contribution in [0.15, 0.2) is 18.2 Å². The zero-order valence-electron chi connectivity index (χ0n) is 15.2. The molecule has 1 saturated heterocycles. The Hall–Kier alpha value is -2.08. The van der Waals surface area contributed by atoms with Crippen molar-refractivity contribution in [2.24, 2.45) is 5.41 Å². The molecule has 1 unspecified atom stereocenters. The largest absolute Gasteiger partial charge is 0.376 e. The number of fused-ring (bicyclic) bond motifs is 1. The van der Waals surface area contributed by atoms with Crippen molar-refractivity contribution in [3.63, 3.8) is 0 Å². The van der Waals surface area contributed by atoms with Crippen LogP contribution in [0, 0.1) is 5.41 Å². The molecule has 136 valence electrons. The monoisotopic (exact) mass is 345 g/mol. The normalized spacial score (nSPS) is 19.6. The van der Waals surface area contributed by atoms with Crippen LogP contribution in [-0.4, -0.2) is 37.7 Å². The average Bonchev–Trinajstić information content (AvgIpc) is 3.20. The Morgan fingerprint density at radius 3 is 2.80 bits per heavy atom. The summed E-state index contributed by atoms with van der Waals surface area (Å²) >= 11 is 0. The zero-order valence-corrected chi connectivity index (χ0v) is 15.2. The predicted octanol–water partition coefficient (Wildman–Crippen LogP) is 2.92. The molecule has 1 fully saturated rings. The first-order valence-electron chi connectivity index (χ1n) is 8.96. The summed E-state index contributed by atoms with van der Waals surface area (Å²) in [6.45, 7) is 7.76. The zero-order chi connectivity index (χ0) is 18.0. The molecule has 2 N–H and O–H groups in total. The summed E-state index contributed by atoms with van der Waals surface area (Å²) in [5.74, 6) is 0.103. The highest BCUT2D eigenvalue weighted by molar-refractivity contribution is 6.00. The Bertz CT molecular complexity index is 660. The summed E-state index contributed by atoms with van der Waals surface area (Å²) in [5.41, 5.74) is 2.31. The topological polar surface area (TPSA) is 70.7 Å². The summed E-state index contributed by atoms with van der Waals surface area (Å²) in [6, 6.07) is 5.51. The van der Waals surface area contributed by atoms with E-state index < -0.39 is 5.41 Å². The SMILES string of the molecule is CC(C)(C)C(=O)N1CCc2ccc(NC(=O)NCC3CCCO3)cc21. The molecular weight excluding hydrogens is 318 g/mol. The summed E-state index contributed by atoms with van der Waals surface area (Å²) in [6.07, 6.45) is 3.01. The first-order valence-corrected chi connectivity index (χ1v) is 8.96. The summed E-state index contributed by atoms with van der Waals surface area (Å²) in [4.78, 5) is 26.5. The lowest BCUT2D eigenvalue weighted by molar-refractivity contribution is -0.125. The fourth-order valence-corrected chi connectivity index (χ4v) is 3.26. The van der Waals surface area contributed by atoms with Gasteiger partial charge in [0.15, 0.2) is 0 Å². The molecule has 0 aromatic heterocycles. The van der Waals surface area contributed by atoms with Crippen molar-refractivity contribution in [3.05, 3.63) is 23.8 Å². The van der Waals surface area contributed by atoms with E-state index in [1.807, 2.05) is 43.9 Å². The van der Waals surface area contributed by atoms with Crippen LogP contribution in [-0.2, 0) is 16.0 Å². The molecule has 3 rings (SSSR count). The molecule has 0 saturated carbocycles. The Morgan fingerprint density at radius 2 is 2.12 bits per heavy atom. The number of carbonyl (C=O) groups excluding carboxylic acids is 2. The number of carbonyl (C=O) groups is 2. The standard InChI is InChI=1S/C19H27N3O3/c1-19(2,3)17(23)22-9-8-13-6-7-14(11-16(13)22)21-18(24)20-12-15-5-4-10-25-15/h6-7,11,15H,4-5,8-10,12H2,1-3H3,(H2,20,21,24). The molecular formula is C19H27N3O3. The van der Waals surface area contributed by atoms with Crippen LogP contribution in [0.3, 0.4) is 0 Å². The molecule has 2 heterocycles. The van der Waals surface area contributed by atoms with Gasteiger partial charge in [-0.25, -0.2) is 4.79 Å². The van der Waals surface area contributed by atoms with Crippen molar-refractivity contribution in [1.29, 1.82) is 0 Å². The van der Waals surface area contributed by atoms with Crippen molar-refractivity contribution in [1.82, 2.24) is 5.32 Å². The minimum Gasteiger partial charge on any atom is -0.376 e. The molecule has 6 heteroatoms. The van der Waals surface area contributed by atoms with Crippen LogP contribution in [0.5, 0.6) is 0 Å². The minimum absolute atomic E-state index is 0.103. The number of rotatable bonds is 3. The van der Waals surface area contributed by atoms with Gasteiger partial charge in [-0.15, -0.1) is 0 Å². The average molecular weight is 345 g/mol. The number of nitrogens with one attached hydrogen (secondary N) is 2. The second-order valence-corrected chi connectivity index (χ2v) is 7.77. The first-order chi connectivity index (χ1) is 11.8. The van der Waals surface area contributed by atoms with Gasteiger partial charge >= 0.3 is 6.03 Å². The second kappa shape index (κ2) is 7.04. The van der Waals surface area contributed by atoms with Gasteiger partial charge in [-0.3, -0.25) is 4.79 Å². The first kappa shape index (κ1) is 17.7. The third-order valence-electron chi connectivity index (χ3n) is 4.64. The number of hydrogen-bond acceptors (Lipinski definition) is 3. The maximum atomic E-state index is 12.6. The van der Waals surface area contributed by atoms with Gasteiger partial charge in [0.05, 0.1) is 6.10 Å². The summed E-state index contributed by atoms with van der Waals surface area (Å²) < 4.78 is 5.50. The second-order valence-electron chi connectivity index (χ2n) is 7.77. The van der Waals surface area contributed by atoms with Crippen LogP contribution in [0.4, 0.5) is 16.2 Å². The van der Waals surface area contributed by atoms with E-state index in [1.165, 1.54) is 0 Å². The van der Waals surface area contributed by atoms with E-state index in [0.29, 0.717) is 18.8 Å². The van der Waals surface area contributed by atoms with Crippen molar-refractivity contribution < 1.29 is 14.3 Å². The number of ether oxygens (including phenoxy) is 1. The van der Waals surface area contributed by atoms with Crippen LogP contribution < -0.4 is 15.5 Å². The lowest BCUT2D eigenvalue weighted by Gasteiger charge is -2.26. The third-order valence-corrected chi connectivity index (χ3v) is 4.64. The van der Waals surface area contributed by atoms with E-state index in [0.717, 1.165) is 37.1 Å². The molecule has 1 aromatic rings. The number of amides is 3. The van der Waals surface area contributed by atoms with Gasteiger partial charge in [-0.1, -0.05) is 26.8 Å². The van der Waals surface area contributed by atoms with Gasteiger partial charge in [0, 0.05) is 36.5 Å². The Labute approximate surface area is 148 Å². The predicted molar refractivity (Wildman–Crippen MR) is 97.9 cm³/mol. The molecule has 2 aliphatic heterocycles. The maximum Gasteiger partial charge on any atom is 0.319 e. The molecule has 0 bridgehead atoms. The fraction of sp³-hybridized carbons (Fsp3) is 0.579. The van der Waals surface area contributed by atoms with Crippen molar-refractivity contribution in [3.8, 4) is 0 Å². The van der Waals surface area contributed by atoms with Gasteiger partial charge < -0.3 is 20.3 Å². The summed E-state index contributed by atoms with van der Waals surface area (Å²) in [7, 11) is 0. The number of hydrogen-bond donors (Lipinski definition) is 2. The molecule has 0 radical (unpaired) electrons. The van der Waals surface area contributed by atoms with E-state index in [-0.39, 0.29) is 18.0 Å². The van der Waals surface area contributed by atoms with E-state index >= 15 is 0 Å². The maximum absolute atomic E-state index is 12.6. The lowest BCUT2D eigenvalue weighted by atomic mass is 9.94. The number of urea groups is 1. The van der Waals surface area contributed by atoms with Crippen LogP contribution in [0.2, 0.25) is 0 Å².